The van der Waals surface area contributed by atoms with Gasteiger partial charge in [0.1, 0.15) is 5.82 Å². The zero-order valence-electron chi connectivity index (χ0n) is 10.9. The van der Waals surface area contributed by atoms with Crippen LogP contribution in [-0.4, -0.2) is 36.3 Å². The van der Waals surface area contributed by atoms with Crippen molar-refractivity contribution in [3.63, 3.8) is 0 Å². The van der Waals surface area contributed by atoms with Gasteiger partial charge < -0.3 is 10.0 Å². The van der Waals surface area contributed by atoms with E-state index in [1.807, 2.05) is 30.5 Å². The molecule has 0 spiro atoms. The molecular weight excluding hydrogens is 262 g/mol. The second-order valence-electron chi connectivity index (χ2n) is 4.62. The van der Waals surface area contributed by atoms with Gasteiger partial charge >= 0.3 is 7.12 Å². The van der Waals surface area contributed by atoms with Crippen LogP contribution in [0.1, 0.15) is 11.4 Å². The number of hydrogen-bond donors (Lipinski definition) is 2. The average Bonchev–Trinajstić information content (AvgIpc) is 2.91. The van der Waals surface area contributed by atoms with Gasteiger partial charge in [-0.2, -0.15) is 4.98 Å². The molecule has 0 fully saturated rings. The van der Waals surface area contributed by atoms with Gasteiger partial charge in [0.15, 0.2) is 5.65 Å². The molecule has 0 amide bonds. The average molecular weight is 274 g/mol. The Hall–Kier alpha value is -2.19. The summed E-state index contributed by atoms with van der Waals surface area (Å²) in [5.41, 5.74) is 2.04. The smallest absolute Gasteiger partial charge is 0.423 e. The van der Waals surface area contributed by atoms with Crippen LogP contribution in [0.3, 0.4) is 0 Å². The first-order valence-electron chi connectivity index (χ1n) is 6.04. The van der Waals surface area contributed by atoms with Crippen LogP contribution in [0.25, 0.3) is 11.6 Å². The third-order valence-electron chi connectivity index (χ3n) is 3.19. The minimum Gasteiger partial charge on any atom is -0.423 e. The highest BCUT2D eigenvalue weighted by Crippen LogP contribution is 2.14. The highest BCUT2D eigenvalue weighted by Gasteiger charge is 2.19. The van der Waals surface area contributed by atoms with Crippen molar-refractivity contribution in [2.45, 2.75) is 13.8 Å². The number of aryl methyl sites for hydroxylation is 2. The number of hydrogen-bond acceptors (Lipinski definition) is 4. The molecule has 0 saturated carbocycles. The van der Waals surface area contributed by atoms with E-state index in [1.165, 1.54) is 10.6 Å². The monoisotopic (exact) mass is 274 g/mol. The van der Waals surface area contributed by atoms with E-state index in [1.54, 1.807) is 0 Å². The molecule has 3 aromatic rings. The number of halogens is 1. The Kier molecular flexibility index (Phi) is 2.84. The van der Waals surface area contributed by atoms with Crippen LogP contribution in [0, 0.1) is 19.7 Å². The first kappa shape index (κ1) is 12.8. The van der Waals surface area contributed by atoms with Crippen molar-refractivity contribution < 1.29 is 14.4 Å². The van der Waals surface area contributed by atoms with Crippen molar-refractivity contribution in [2.24, 2.45) is 0 Å². The maximum absolute atomic E-state index is 13.7. The van der Waals surface area contributed by atoms with Crippen LogP contribution in [0.4, 0.5) is 4.39 Å². The van der Waals surface area contributed by atoms with Crippen molar-refractivity contribution in [2.75, 3.05) is 0 Å². The minimum absolute atomic E-state index is 0.225. The molecule has 3 aromatic heterocycles. The summed E-state index contributed by atoms with van der Waals surface area (Å²) in [6, 6.07) is 5.14. The molecule has 3 rings (SSSR count). The molecule has 0 saturated heterocycles. The lowest BCUT2D eigenvalue weighted by atomic mass is 9.80. The van der Waals surface area contributed by atoms with Crippen LogP contribution in [0.2, 0.25) is 0 Å². The van der Waals surface area contributed by atoms with E-state index < -0.39 is 12.9 Å². The standard InChI is InChI=1S/C12H12BFN4O2/c1-7-3-4-8(2)18(7)12-15-11-5-9(13(19)20)10(14)6-17(11)16-12/h3-6,19-20H,1-2H3. The van der Waals surface area contributed by atoms with Gasteiger partial charge in [-0.05, 0) is 32.0 Å². The third kappa shape index (κ3) is 1.89. The summed E-state index contributed by atoms with van der Waals surface area (Å²) >= 11 is 0. The third-order valence-corrected chi connectivity index (χ3v) is 3.19. The van der Waals surface area contributed by atoms with E-state index in [0.717, 1.165) is 17.6 Å². The van der Waals surface area contributed by atoms with Gasteiger partial charge in [0, 0.05) is 16.9 Å². The van der Waals surface area contributed by atoms with Gasteiger partial charge in [0.05, 0.1) is 6.20 Å². The van der Waals surface area contributed by atoms with E-state index in [2.05, 4.69) is 10.1 Å². The molecule has 0 aromatic carbocycles. The van der Waals surface area contributed by atoms with Gasteiger partial charge in [-0.25, -0.2) is 8.91 Å². The number of nitrogens with zero attached hydrogens (tertiary/aromatic N) is 4. The zero-order valence-corrected chi connectivity index (χ0v) is 10.9. The molecule has 8 heteroatoms. The quantitative estimate of drug-likeness (QED) is 0.643. The van der Waals surface area contributed by atoms with Crippen molar-refractivity contribution >= 4 is 18.2 Å². The Labute approximate surface area is 114 Å². The Bertz CT molecular complexity index is 777. The Morgan fingerprint density at radius 1 is 1.20 bits per heavy atom. The highest BCUT2D eigenvalue weighted by molar-refractivity contribution is 6.58. The number of fused-ring (bicyclic) bond motifs is 1. The van der Waals surface area contributed by atoms with Crippen LogP contribution in [0.15, 0.2) is 24.4 Å². The summed E-state index contributed by atoms with van der Waals surface area (Å²) in [5.74, 6) is -0.334. The van der Waals surface area contributed by atoms with Crippen LogP contribution in [-0.2, 0) is 0 Å². The molecule has 3 heterocycles. The summed E-state index contributed by atoms with van der Waals surface area (Å²) in [6.45, 7) is 3.84. The van der Waals surface area contributed by atoms with Crippen molar-refractivity contribution in [1.29, 1.82) is 0 Å². The highest BCUT2D eigenvalue weighted by atomic mass is 19.1. The van der Waals surface area contributed by atoms with Gasteiger partial charge in [-0.1, -0.05) is 0 Å². The normalized spacial score (nSPS) is 11.2. The topological polar surface area (TPSA) is 75.6 Å². The number of aromatic nitrogens is 4. The lowest BCUT2D eigenvalue weighted by Crippen LogP contribution is -2.33. The van der Waals surface area contributed by atoms with Crippen LogP contribution < -0.4 is 5.46 Å². The SMILES string of the molecule is Cc1ccc(C)n1-c1nc2cc(B(O)O)c(F)cn2n1. The summed E-state index contributed by atoms with van der Waals surface area (Å²) < 4.78 is 16.8. The second-order valence-corrected chi connectivity index (χ2v) is 4.62. The number of pyridine rings is 1. The van der Waals surface area contributed by atoms with Crippen molar-refractivity contribution in [3.05, 3.63) is 41.6 Å². The molecule has 0 aliphatic rings. The van der Waals surface area contributed by atoms with Crippen molar-refractivity contribution in [1.82, 2.24) is 19.2 Å². The summed E-state index contributed by atoms with van der Waals surface area (Å²) in [7, 11) is -1.88. The predicted molar refractivity (Wildman–Crippen MR) is 71.6 cm³/mol. The summed E-state index contributed by atoms with van der Waals surface area (Å²) in [5, 5.41) is 22.4. The van der Waals surface area contributed by atoms with Gasteiger partial charge in [-0.15, -0.1) is 5.10 Å². The fraction of sp³-hybridized carbons (Fsp3) is 0.167. The molecule has 20 heavy (non-hydrogen) atoms. The van der Waals surface area contributed by atoms with E-state index in [9.17, 15) is 4.39 Å². The lowest BCUT2D eigenvalue weighted by Gasteiger charge is -2.02. The first-order chi connectivity index (χ1) is 9.47. The van der Waals surface area contributed by atoms with Crippen LogP contribution >= 0.6 is 0 Å². The van der Waals surface area contributed by atoms with Crippen molar-refractivity contribution in [3.8, 4) is 5.95 Å². The molecule has 0 unspecified atom stereocenters. The molecule has 0 aliphatic heterocycles. The maximum Gasteiger partial charge on any atom is 0.491 e. The van der Waals surface area contributed by atoms with Gasteiger partial charge in [0.25, 0.3) is 5.95 Å². The fourth-order valence-corrected chi connectivity index (χ4v) is 2.18. The Morgan fingerprint density at radius 2 is 1.85 bits per heavy atom. The zero-order chi connectivity index (χ0) is 14.4. The minimum atomic E-state index is -1.88. The maximum atomic E-state index is 13.7. The van der Waals surface area contributed by atoms with Gasteiger partial charge in [-0.3, -0.25) is 4.57 Å². The largest absolute Gasteiger partial charge is 0.491 e. The van der Waals surface area contributed by atoms with E-state index in [-0.39, 0.29) is 5.46 Å². The lowest BCUT2D eigenvalue weighted by molar-refractivity contribution is 0.423. The Balaban J connectivity index is 2.21. The van der Waals surface area contributed by atoms with E-state index >= 15 is 0 Å². The predicted octanol–water partition coefficient (Wildman–Crippen LogP) is -0.0443. The number of rotatable bonds is 2. The molecule has 6 nitrogen and oxygen atoms in total. The Morgan fingerprint density at radius 3 is 2.45 bits per heavy atom. The van der Waals surface area contributed by atoms with E-state index in [0.29, 0.717) is 11.6 Å². The van der Waals surface area contributed by atoms with Crippen LogP contribution in [0.5, 0.6) is 0 Å². The molecule has 0 atom stereocenters. The first-order valence-corrected chi connectivity index (χ1v) is 6.04. The molecule has 0 radical (unpaired) electrons. The summed E-state index contributed by atoms with van der Waals surface area (Å²) in [6.07, 6.45) is 1.08. The van der Waals surface area contributed by atoms with E-state index in [4.69, 9.17) is 10.0 Å². The second kappa shape index (κ2) is 4.43. The molecular formula is C12H12BFN4O2. The molecule has 102 valence electrons. The molecule has 0 aliphatic carbocycles. The summed E-state index contributed by atoms with van der Waals surface area (Å²) in [4.78, 5) is 4.29. The molecule has 2 N–H and O–H groups in total. The van der Waals surface area contributed by atoms with Gasteiger partial charge in [0.2, 0.25) is 0 Å². The molecule has 0 bridgehead atoms. The fourth-order valence-electron chi connectivity index (χ4n) is 2.18.